The van der Waals surface area contributed by atoms with Gasteiger partial charge in [0.1, 0.15) is 47.3 Å². The first kappa shape index (κ1) is 52.5. The molecule has 18 heteroatoms. The lowest BCUT2D eigenvalue weighted by Gasteiger charge is -2.36. The van der Waals surface area contributed by atoms with Gasteiger partial charge in [-0.15, -0.1) is 0 Å². The summed E-state index contributed by atoms with van der Waals surface area (Å²) < 4.78 is 45.2. The van der Waals surface area contributed by atoms with Crippen molar-refractivity contribution in [2.24, 2.45) is 10.8 Å². The SMILES string of the molecule is CCc1c(F)ccc2cc(O)cc(-c3ncc4c(N5CC6CCC(C5)N6)nc(OCC5(CN6CCC[C@H](OCC(=O)N[C@H](C(=O)N7C[C@H](O)C[C@H]7C(=O)NCc7ccc8ccccc8c7)C(C)(C)C)C6)CC5)nc4c3F)c12. The van der Waals surface area contributed by atoms with Crippen molar-refractivity contribution >= 4 is 56.0 Å². The molecule has 4 aromatic carbocycles. The van der Waals surface area contributed by atoms with Gasteiger partial charge >= 0.3 is 6.01 Å². The second-order valence-corrected chi connectivity index (χ2v) is 23.3. The first-order valence-electron chi connectivity index (χ1n) is 27.3. The molecular formula is C59H69F2N9O7. The molecule has 3 amide bonds. The Morgan fingerprint density at radius 3 is 2.45 bits per heavy atom. The van der Waals surface area contributed by atoms with Crippen molar-refractivity contribution in [1.29, 1.82) is 0 Å². The molecule has 1 saturated carbocycles. The van der Waals surface area contributed by atoms with Crippen molar-refractivity contribution in [2.45, 2.75) is 122 Å². The number of rotatable bonds is 16. The predicted octanol–water partition coefficient (Wildman–Crippen LogP) is 6.93. The topological polar surface area (TPSA) is 195 Å². The third-order valence-electron chi connectivity index (χ3n) is 16.4. The summed E-state index contributed by atoms with van der Waals surface area (Å²) in [6, 6.07) is 18.6. The van der Waals surface area contributed by atoms with Crippen LogP contribution in [-0.2, 0) is 32.1 Å². The van der Waals surface area contributed by atoms with Crippen LogP contribution in [0.4, 0.5) is 14.6 Å². The first-order valence-corrected chi connectivity index (χ1v) is 27.3. The van der Waals surface area contributed by atoms with Gasteiger partial charge in [0.2, 0.25) is 17.7 Å². The van der Waals surface area contributed by atoms with E-state index >= 15 is 8.78 Å². The molecule has 6 aromatic rings. The fourth-order valence-corrected chi connectivity index (χ4v) is 12.2. The number of aliphatic hydroxyl groups is 1. The van der Waals surface area contributed by atoms with Crippen LogP contribution in [0.25, 0.3) is 43.7 Å². The monoisotopic (exact) mass is 1050 g/mol. The van der Waals surface area contributed by atoms with Crippen LogP contribution in [0.2, 0.25) is 0 Å². The standard InChI is InChI=1S/C59H69F2N9O7/c1-5-43-46(60)17-14-37-22-40(71)23-44(49(37)43)51-50(61)52-45(26-62-51)54(69-27-38-15-16-39(28-69)64-38)67-57(66-52)77-33-59(18-19-59)32-68-20-8-11-42(30-68)76-31-48(73)65-53(58(2,3)4)56(75)70-29-41(72)24-47(70)55(74)63-25-34-12-13-35-9-6-7-10-36(35)21-34/h6-7,9-10,12-14,17,21-23,26,38-39,41-42,47,53,64,71-72H,5,8,11,15-16,18-20,24-25,27-33H2,1-4H3,(H,63,74)(H,65,73)/t38?,39?,41-,42+,47+,53-/m1/s1. The molecule has 77 heavy (non-hydrogen) atoms. The molecule has 5 N–H and O–H groups in total. The number of nitrogens with zero attached hydrogens (tertiary/aromatic N) is 6. The van der Waals surface area contributed by atoms with E-state index in [4.69, 9.17) is 19.4 Å². The molecule has 4 aliphatic heterocycles. The van der Waals surface area contributed by atoms with Crippen LogP contribution in [0.5, 0.6) is 11.8 Å². The highest BCUT2D eigenvalue weighted by Gasteiger charge is 2.47. The second-order valence-electron chi connectivity index (χ2n) is 23.3. The van der Waals surface area contributed by atoms with Crippen LogP contribution < -0.4 is 25.6 Å². The Morgan fingerprint density at radius 2 is 1.70 bits per heavy atom. The number of pyridine rings is 1. The number of nitrogens with one attached hydrogen (secondary N) is 3. The number of hydrogen-bond donors (Lipinski definition) is 5. The molecular weight excluding hydrogens is 985 g/mol. The Balaban J connectivity index is 0.737. The van der Waals surface area contributed by atoms with Gasteiger partial charge in [0.25, 0.3) is 0 Å². The number of carbonyl (C=O) groups is 3. The molecule has 2 unspecified atom stereocenters. The largest absolute Gasteiger partial charge is 0.508 e. The third kappa shape index (κ3) is 11.1. The lowest BCUT2D eigenvalue weighted by molar-refractivity contribution is -0.145. The second kappa shape index (κ2) is 21.3. The van der Waals surface area contributed by atoms with Gasteiger partial charge in [-0.25, -0.2) is 8.78 Å². The minimum atomic E-state index is -0.985. The number of benzene rings is 4. The number of amides is 3. The van der Waals surface area contributed by atoms with Gasteiger partial charge in [-0.3, -0.25) is 19.4 Å². The van der Waals surface area contributed by atoms with Gasteiger partial charge in [-0.05, 0) is 114 Å². The zero-order valence-electron chi connectivity index (χ0n) is 44.3. The minimum absolute atomic E-state index is 0.0236. The number of aryl methyl sites for hydroxylation is 1. The average Bonchev–Trinajstić information content (AvgIpc) is 4.01. The Hall–Kier alpha value is -6.60. The van der Waals surface area contributed by atoms with Crippen LogP contribution in [0.3, 0.4) is 0 Å². The molecule has 16 nitrogen and oxygen atoms in total. The maximum Gasteiger partial charge on any atom is 0.319 e. The van der Waals surface area contributed by atoms with Crippen LogP contribution >= 0.6 is 0 Å². The maximum absolute atomic E-state index is 17.3. The van der Waals surface area contributed by atoms with Gasteiger partial charge in [-0.2, -0.15) is 9.97 Å². The summed E-state index contributed by atoms with van der Waals surface area (Å²) >= 11 is 0. The normalized spacial score (nSPS) is 22.7. The molecule has 4 saturated heterocycles. The molecule has 5 fully saturated rings. The molecule has 2 aromatic heterocycles. The Kier molecular flexibility index (Phi) is 14.5. The average molecular weight is 1050 g/mol. The molecule has 1 aliphatic carbocycles. The summed E-state index contributed by atoms with van der Waals surface area (Å²) in [5, 5.41) is 34.7. The highest BCUT2D eigenvalue weighted by molar-refractivity contribution is 6.02. The number of ether oxygens (including phenoxy) is 2. The predicted molar refractivity (Wildman–Crippen MR) is 289 cm³/mol. The number of aromatic nitrogens is 3. The summed E-state index contributed by atoms with van der Waals surface area (Å²) in [5.74, 6) is -1.93. The molecule has 6 atom stereocenters. The number of carbonyl (C=O) groups excluding carboxylic acids is 3. The highest BCUT2D eigenvalue weighted by atomic mass is 19.1. The maximum atomic E-state index is 17.3. The number of anilines is 1. The van der Waals surface area contributed by atoms with Gasteiger partial charge in [0, 0.05) is 74.9 Å². The zero-order valence-corrected chi connectivity index (χ0v) is 44.3. The van der Waals surface area contributed by atoms with E-state index in [2.05, 4.69) is 30.7 Å². The molecule has 11 rings (SSSR count). The summed E-state index contributed by atoms with van der Waals surface area (Å²) in [7, 11) is 0. The Labute approximate surface area is 446 Å². The number of hydrogen-bond acceptors (Lipinski definition) is 13. The number of piperazine rings is 1. The van der Waals surface area contributed by atoms with E-state index in [1.165, 1.54) is 23.1 Å². The summed E-state index contributed by atoms with van der Waals surface area (Å²) in [4.78, 5) is 61.8. The van der Waals surface area contributed by atoms with Crippen molar-refractivity contribution in [3.05, 3.63) is 95.7 Å². The number of halogens is 2. The third-order valence-corrected chi connectivity index (χ3v) is 16.4. The summed E-state index contributed by atoms with van der Waals surface area (Å²) in [6.45, 7) is 11.2. The van der Waals surface area contributed by atoms with Crippen LogP contribution in [-0.4, -0.2) is 142 Å². The lowest BCUT2D eigenvalue weighted by atomic mass is 9.85. The number of aromatic hydroxyl groups is 1. The molecule has 2 bridgehead atoms. The van der Waals surface area contributed by atoms with Crippen LogP contribution in [0.1, 0.15) is 83.8 Å². The van der Waals surface area contributed by atoms with E-state index in [0.717, 1.165) is 61.4 Å². The molecule has 6 heterocycles. The molecule has 0 radical (unpaired) electrons. The molecule has 406 valence electrons. The van der Waals surface area contributed by atoms with Crippen molar-refractivity contribution < 1.29 is 42.9 Å². The Bertz CT molecular complexity index is 3230. The van der Waals surface area contributed by atoms with Crippen molar-refractivity contribution in [3.8, 4) is 23.0 Å². The Morgan fingerprint density at radius 1 is 0.935 bits per heavy atom. The number of fused-ring (bicyclic) bond motifs is 5. The van der Waals surface area contributed by atoms with Crippen LogP contribution in [0, 0.1) is 22.5 Å². The lowest BCUT2D eigenvalue weighted by Crippen LogP contribution is -2.58. The summed E-state index contributed by atoms with van der Waals surface area (Å²) in [6.07, 6.45) is 6.39. The first-order chi connectivity index (χ1) is 37.0. The zero-order chi connectivity index (χ0) is 53.8. The van der Waals surface area contributed by atoms with Gasteiger partial charge in [0.05, 0.1) is 24.2 Å². The van der Waals surface area contributed by atoms with Crippen molar-refractivity contribution in [3.63, 3.8) is 0 Å². The van der Waals surface area contributed by atoms with E-state index in [0.29, 0.717) is 66.7 Å². The number of β-amino-alcohol motifs (C(OH)–C–C–N with tert-alkyl or cyclic N) is 1. The van der Waals surface area contributed by atoms with E-state index in [-0.39, 0.29) is 84.2 Å². The molecule has 5 aliphatic rings. The number of likely N-dealkylation sites (tertiary alicyclic amines) is 2. The van der Waals surface area contributed by atoms with E-state index in [1.54, 1.807) is 12.3 Å². The summed E-state index contributed by atoms with van der Waals surface area (Å²) in [5.41, 5.74) is 0.633. The quantitative estimate of drug-likeness (QED) is 0.0671. The fraction of sp³-hybridized carbons (Fsp3) is 0.492. The van der Waals surface area contributed by atoms with E-state index in [1.807, 2.05) is 70.2 Å². The van der Waals surface area contributed by atoms with E-state index < -0.39 is 47.1 Å². The molecule has 0 spiro atoms. The number of piperidine rings is 1. The fourth-order valence-electron chi connectivity index (χ4n) is 12.2. The van der Waals surface area contributed by atoms with Gasteiger partial charge in [0.15, 0.2) is 5.82 Å². The van der Waals surface area contributed by atoms with E-state index in [9.17, 15) is 24.6 Å². The van der Waals surface area contributed by atoms with Gasteiger partial charge in [-0.1, -0.05) is 70.2 Å². The van der Waals surface area contributed by atoms with Crippen molar-refractivity contribution in [2.75, 3.05) is 57.4 Å². The number of aliphatic hydroxyl groups excluding tert-OH is 1. The van der Waals surface area contributed by atoms with Crippen LogP contribution in [0.15, 0.2) is 72.9 Å². The van der Waals surface area contributed by atoms with Gasteiger partial charge < -0.3 is 50.3 Å². The van der Waals surface area contributed by atoms with Crippen molar-refractivity contribution in [1.82, 2.24) is 40.7 Å². The highest BCUT2D eigenvalue weighted by Crippen LogP contribution is 2.47. The smallest absolute Gasteiger partial charge is 0.319 e. The minimum Gasteiger partial charge on any atom is -0.508 e. The number of phenols is 1. The number of phenolic OH excluding ortho intramolecular Hbond substituents is 1.